The highest BCUT2D eigenvalue weighted by Crippen LogP contribution is 2.45. The number of ether oxygens (including phenoxy) is 1. The van der Waals surface area contributed by atoms with Crippen molar-refractivity contribution in [2.24, 2.45) is 5.41 Å². The average Bonchev–Trinajstić information content (AvgIpc) is 3.05. The van der Waals surface area contributed by atoms with E-state index in [1.807, 2.05) is 63.8 Å². The number of carboxylic acids is 1. The second-order valence-electron chi connectivity index (χ2n) is 15.4. The Morgan fingerprint density at radius 1 is 0.902 bits per heavy atom. The van der Waals surface area contributed by atoms with Gasteiger partial charge in [0.25, 0.3) is 0 Å². The monoisotopic (exact) mass is 699 g/mol. The minimum absolute atomic E-state index is 0.176. The van der Waals surface area contributed by atoms with Crippen molar-refractivity contribution in [1.29, 1.82) is 0 Å². The van der Waals surface area contributed by atoms with Gasteiger partial charge in [-0.2, -0.15) is 0 Å². The number of hydrogen-bond acceptors (Lipinski definition) is 6. The lowest BCUT2D eigenvalue weighted by atomic mass is 9.81. The Bertz CT molecular complexity index is 1790. The number of benzene rings is 3. The summed E-state index contributed by atoms with van der Waals surface area (Å²) in [7, 11) is 0. The molecule has 1 aliphatic heterocycles. The van der Waals surface area contributed by atoms with Crippen LogP contribution in [0.2, 0.25) is 0 Å². The Hall–Kier alpha value is -4.34. The Morgan fingerprint density at radius 2 is 1.45 bits per heavy atom. The molecule has 7 nitrogen and oxygen atoms in total. The molecular formula is C42H51F2N3O4. The zero-order valence-electron chi connectivity index (χ0n) is 30.8. The number of anilines is 2. The third-order valence-electron chi connectivity index (χ3n) is 9.70. The van der Waals surface area contributed by atoms with Gasteiger partial charge >= 0.3 is 5.97 Å². The Balaban J connectivity index is 1.57. The second kappa shape index (κ2) is 15.5. The largest absolute Gasteiger partial charge is 0.479 e. The van der Waals surface area contributed by atoms with Crippen molar-refractivity contribution in [3.63, 3.8) is 0 Å². The first-order chi connectivity index (χ1) is 24.0. The van der Waals surface area contributed by atoms with Gasteiger partial charge in [0.2, 0.25) is 0 Å². The molecule has 0 amide bonds. The zero-order valence-corrected chi connectivity index (χ0v) is 30.8. The molecule has 0 radical (unpaired) electrons. The van der Waals surface area contributed by atoms with E-state index in [9.17, 15) is 23.8 Å². The van der Waals surface area contributed by atoms with E-state index in [0.29, 0.717) is 24.2 Å². The van der Waals surface area contributed by atoms with Crippen molar-refractivity contribution in [3.05, 3.63) is 113 Å². The molecule has 4 aromatic rings. The van der Waals surface area contributed by atoms with E-state index in [1.165, 1.54) is 24.3 Å². The molecule has 2 heterocycles. The van der Waals surface area contributed by atoms with Gasteiger partial charge < -0.3 is 24.7 Å². The van der Waals surface area contributed by atoms with Crippen LogP contribution < -0.4 is 9.80 Å². The summed E-state index contributed by atoms with van der Waals surface area (Å²) >= 11 is 0. The number of aromatic nitrogens is 1. The van der Waals surface area contributed by atoms with Gasteiger partial charge in [-0.1, -0.05) is 50.2 Å². The molecule has 0 bridgehead atoms. The quantitative estimate of drug-likeness (QED) is 0.143. The molecule has 2 atom stereocenters. The number of halogens is 2. The molecule has 2 unspecified atom stereocenters. The molecule has 1 aliphatic rings. The second-order valence-corrected chi connectivity index (χ2v) is 15.4. The fourth-order valence-electron chi connectivity index (χ4n) is 6.87. The molecule has 51 heavy (non-hydrogen) atoms. The molecule has 3 aromatic carbocycles. The number of hydrogen-bond donors (Lipinski definition) is 2. The number of aliphatic carboxylic acids is 1. The predicted octanol–water partition coefficient (Wildman–Crippen LogP) is 8.82. The van der Waals surface area contributed by atoms with Crippen LogP contribution in [0.5, 0.6) is 0 Å². The van der Waals surface area contributed by atoms with Crippen LogP contribution >= 0.6 is 0 Å². The van der Waals surface area contributed by atoms with Gasteiger partial charge in [0.05, 0.1) is 11.3 Å². The summed E-state index contributed by atoms with van der Waals surface area (Å²) in [5.41, 5.74) is 6.50. The Morgan fingerprint density at radius 3 is 1.98 bits per heavy atom. The van der Waals surface area contributed by atoms with Gasteiger partial charge in [-0.05, 0) is 112 Å². The lowest BCUT2D eigenvalue weighted by Crippen LogP contribution is -2.39. The molecule has 1 saturated heterocycles. The topological polar surface area (TPSA) is 86.1 Å². The molecule has 1 aromatic heterocycles. The number of piperidine rings is 1. The summed E-state index contributed by atoms with van der Waals surface area (Å²) in [5, 5.41) is 22.1. The van der Waals surface area contributed by atoms with E-state index in [0.717, 1.165) is 65.3 Å². The van der Waals surface area contributed by atoms with Gasteiger partial charge in [0.1, 0.15) is 17.9 Å². The van der Waals surface area contributed by atoms with Gasteiger partial charge in [0.15, 0.2) is 6.10 Å². The molecule has 1 fully saturated rings. The highest BCUT2D eigenvalue weighted by atomic mass is 19.1. The Kier molecular flexibility index (Phi) is 11.5. The lowest BCUT2D eigenvalue weighted by molar-refractivity contribution is -0.160. The maximum atomic E-state index is 13.6. The van der Waals surface area contributed by atoms with E-state index < -0.39 is 23.9 Å². The van der Waals surface area contributed by atoms with Crippen molar-refractivity contribution in [3.8, 4) is 11.1 Å². The normalized spacial score (nSPS) is 15.8. The molecular weight excluding hydrogens is 648 g/mol. The van der Waals surface area contributed by atoms with Crippen LogP contribution in [0.1, 0.15) is 81.6 Å². The van der Waals surface area contributed by atoms with Crippen molar-refractivity contribution in [2.45, 2.75) is 92.1 Å². The van der Waals surface area contributed by atoms with E-state index in [4.69, 9.17) is 9.72 Å². The predicted molar refractivity (Wildman–Crippen MR) is 199 cm³/mol. The van der Waals surface area contributed by atoms with Crippen LogP contribution in [0.25, 0.3) is 11.1 Å². The maximum Gasteiger partial charge on any atom is 0.337 e. The van der Waals surface area contributed by atoms with Crippen LogP contribution in [0.4, 0.5) is 20.2 Å². The van der Waals surface area contributed by atoms with Gasteiger partial charge in [0, 0.05) is 54.3 Å². The standard InChI is InChI=1S/C42H51F2N3O4/c1-27-36(38(46-24-21-42(6,7)22-25-46)37(28(2)45-27)39(40(49)50)51-41(3,4)5)31-12-18-34(19-13-31)47(23-20-29-8-14-32(43)15-9-29)35(48)26-30-10-16-33(44)17-11-30/h8-19,35,39,48H,20-26H2,1-7H3,(H,49,50). The number of pyridine rings is 1. The minimum Gasteiger partial charge on any atom is -0.479 e. The SMILES string of the molecule is Cc1nc(C)c(C(OC(C)(C)C)C(=O)O)c(N2CCC(C)(C)CC2)c1-c1ccc(N(CCc2ccc(F)cc2)C(O)Cc2ccc(F)cc2)cc1. The summed E-state index contributed by atoms with van der Waals surface area (Å²) in [6, 6.07) is 20.3. The number of rotatable bonds is 12. The number of nitrogens with zero attached hydrogens (tertiary/aromatic N) is 3. The fourth-order valence-corrected chi connectivity index (χ4v) is 6.87. The van der Waals surface area contributed by atoms with E-state index in [-0.39, 0.29) is 23.5 Å². The van der Waals surface area contributed by atoms with Crippen LogP contribution in [-0.2, 0) is 22.4 Å². The smallest absolute Gasteiger partial charge is 0.337 e. The van der Waals surface area contributed by atoms with Gasteiger partial charge in [-0.3, -0.25) is 4.98 Å². The third-order valence-corrected chi connectivity index (χ3v) is 9.70. The van der Waals surface area contributed by atoms with Crippen LogP contribution in [0, 0.1) is 30.9 Å². The summed E-state index contributed by atoms with van der Waals surface area (Å²) in [6.07, 6.45) is 0.609. The number of aliphatic hydroxyl groups excluding tert-OH is 1. The summed E-state index contributed by atoms with van der Waals surface area (Å²) < 4.78 is 33.5. The van der Waals surface area contributed by atoms with E-state index in [1.54, 1.807) is 24.3 Å². The summed E-state index contributed by atoms with van der Waals surface area (Å²) in [4.78, 5) is 22.0. The molecule has 272 valence electrons. The van der Waals surface area contributed by atoms with E-state index >= 15 is 0 Å². The van der Waals surface area contributed by atoms with Crippen LogP contribution in [-0.4, -0.2) is 52.6 Å². The Labute approximate surface area is 300 Å². The minimum atomic E-state index is -1.22. The van der Waals surface area contributed by atoms with Gasteiger partial charge in [-0.15, -0.1) is 0 Å². The first kappa shape index (κ1) is 37.9. The summed E-state index contributed by atoms with van der Waals surface area (Å²) in [6.45, 7) is 15.9. The van der Waals surface area contributed by atoms with Gasteiger partial charge in [-0.25, -0.2) is 13.6 Å². The van der Waals surface area contributed by atoms with Crippen molar-refractivity contribution >= 4 is 17.3 Å². The van der Waals surface area contributed by atoms with Crippen LogP contribution in [0.3, 0.4) is 0 Å². The zero-order chi connectivity index (χ0) is 37.1. The van der Waals surface area contributed by atoms with Crippen molar-refractivity contribution in [2.75, 3.05) is 29.4 Å². The molecule has 2 N–H and O–H groups in total. The maximum absolute atomic E-state index is 13.6. The average molecular weight is 700 g/mol. The highest BCUT2D eigenvalue weighted by molar-refractivity contribution is 5.88. The number of aryl methyl sites for hydroxylation is 2. The first-order valence-electron chi connectivity index (χ1n) is 17.7. The molecule has 9 heteroatoms. The molecule has 0 aliphatic carbocycles. The number of carboxylic acid groups (broad SMARTS) is 1. The highest BCUT2D eigenvalue weighted by Gasteiger charge is 2.36. The molecule has 5 rings (SSSR count). The molecule has 0 saturated carbocycles. The summed E-state index contributed by atoms with van der Waals surface area (Å²) in [5.74, 6) is -1.71. The third kappa shape index (κ3) is 9.51. The number of carbonyl (C=O) groups is 1. The molecule has 0 spiro atoms. The lowest BCUT2D eigenvalue weighted by Gasteiger charge is -2.41. The fraction of sp³-hybridized carbons (Fsp3) is 0.429. The van der Waals surface area contributed by atoms with Crippen molar-refractivity contribution < 1.29 is 28.5 Å². The van der Waals surface area contributed by atoms with Crippen LogP contribution in [0.15, 0.2) is 72.8 Å². The first-order valence-corrected chi connectivity index (χ1v) is 17.7. The van der Waals surface area contributed by atoms with Crippen molar-refractivity contribution in [1.82, 2.24) is 4.98 Å². The number of aliphatic hydroxyl groups is 1. The van der Waals surface area contributed by atoms with E-state index in [2.05, 4.69) is 18.7 Å².